The molecule has 0 aromatic rings. The van der Waals surface area contributed by atoms with Crippen molar-refractivity contribution in [3.8, 4) is 0 Å². The van der Waals surface area contributed by atoms with Crippen LogP contribution in [-0.2, 0) is 0 Å². The number of rotatable bonds is 4. The standard InChI is InChI=1S/C12H20N2/c1-3-10-9-12(10)13-7-6-11-5-4-8-14(11)2/h7,11H,3-6,8-9H2,1-2H3. The maximum absolute atomic E-state index is 4.51. The maximum Gasteiger partial charge on any atom is 0.0436 e. The van der Waals surface area contributed by atoms with E-state index in [4.69, 9.17) is 0 Å². The van der Waals surface area contributed by atoms with Crippen LogP contribution in [0.25, 0.3) is 0 Å². The van der Waals surface area contributed by atoms with Crippen LogP contribution in [0.5, 0.6) is 0 Å². The number of allylic oxidation sites excluding steroid dienone is 2. The quantitative estimate of drug-likeness (QED) is 0.625. The minimum atomic E-state index is 0.753. The van der Waals surface area contributed by atoms with Gasteiger partial charge in [0, 0.05) is 24.4 Å². The zero-order chi connectivity index (χ0) is 9.97. The van der Waals surface area contributed by atoms with Gasteiger partial charge >= 0.3 is 0 Å². The van der Waals surface area contributed by atoms with E-state index in [1.54, 1.807) is 5.57 Å². The van der Waals surface area contributed by atoms with Crippen molar-refractivity contribution in [3.05, 3.63) is 11.3 Å². The van der Waals surface area contributed by atoms with E-state index in [-0.39, 0.29) is 0 Å². The molecule has 2 heteroatoms. The van der Waals surface area contributed by atoms with Crippen LogP contribution in [0.15, 0.2) is 16.3 Å². The summed E-state index contributed by atoms with van der Waals surface area (Å²) in [4.78, 5) is 6.97. The normalized spacial score (nSPS) is 28.0. The number of aliphatic imine (C=N–C) groups is 1. The van der Waals surface area contributed by atoms with Crippen molar-refractivity contribution in [2.75, 3.05) is 13.6 Å². The molecule has 0 saturated carbocycles. The first kappa shape index (κ1) is 9.91. The third kappa shape index (κ3) is 2.24. The molecule has 2 aliphatic rings. The predicted octanol–water partition coefficient (Wildman–Crippen LogP) is 2.61. The Balaban J connectivity index is 1.74. The molecule has 1 aliphatic heterocycles. The van der Waals surface area contributed by atoms with Crippen molar-refractivity contribution in [1.29, 1.82) is 0 Å². The minimum absolute atomic E-state index is 0.753. The molecule has 2 rings (SSSR count). The molecule has 1 saturated heterocycles. The Bertz CT molecular complexity index is 265. The van der Waals surface area contributed by atoms with Gasteiger partial charge in [0.1, 0.15) is 0 Å². The van der Waals surface area contributed by atoms with E-state index in [2.05, 4.69) is 30.1 Å². The highest BCUT2D eigenvalue weighted by Crippen LogP contribution is 2.34. The van der Waals surface area contributed by atoms with Gasteiger partial charge in [-0.1, -0.05) is 6.92 Å². The summed E-state index contributed by atoms with van der Waals surface area (Å²) < 4.78 is 0. The first-order valence-corrected chi connectivity index (χ1v) is 5.75. The smallest absolute Gasteiger partial charge is 0.0436 e. The second-order valence-electron chi connectivity index (χ2n) is 4.40. The Hall–Kier alpha value is -0.630. The molecule has 0 spiro atoms. The fourth-order valence-corrected chi connectivity index (χ4v) is 2.19. The summed E-state index contributed by atoms with van der Waals surface area (Å²) in [5.74, 6) is 0. The van der Waals surface area contributed by atoms with Crippen molar-refractivity contribution >= 4 is 6.21 Å². The van der Waals surface area contributed by atoms with Gasteiger partial charge in [0.25, 0.3) is 0 Å². The zero-order valence-electron chi connectivity index (χ0n) is 9.29. The van der Waals surface area contributed by atoms with E-state index in [1.165, 1.54) is 37.9 Å². The van der Waals surface area contributed by atoms with Crippen molar-refractivity contribution in [1.82, 2.24) is 4.90 Å². The summed E-state index contributed by atoms with van der Waals surface area (Å²) in [7, 11) is 2.22. The van der Waals surface area contributed by atoms with Gasteiger partial charge in [0.15, 0.2) is 0 Å². The first-order chi connectivity index (χ1) is 6.81. The fourth-order valence-electron chi connectivity index (χ4n) is 2.19. The van der Waals surface area contributed by atoms with Gasteiger partial charge in [-0.3, -0.25) is 4.99 Å². The lowest BCUT2D eigenvalue weighted by molar-refractivity contribution is 0.319. The molecular formula is C12H20N2. The zero-order valence-corrected chi connectivity index (χ0v) is 9.29. The van der Waals surface area contributed by atoms with Crippen LogP contribution in [0.3, 0.4) is 0 Å². The molecule has 1 unspecified atom stereocenters. The van der Waals surface area contributed by atoms with Crippen molar-refractivity contribution in [3.63, 3.8) is 0 Å². The van der Waals surface area contributed by atoms with Crippen LogP contribution in [0.2, 0.25) is 0 Å². The molecule has 0 amide bonds. The van der Waals surface area contributed by atoms with E-state index < -0.39 is 0 Å². The Kier molecular flexibility index (Phi) is 3.02. The van der Waals surface area contributed by atoms with Crippen LogP contribution in [0, 0.1) is 0 Å². The number of hydrogen-bond donors (Lipinski definition) is 0. The Morgan fingerprint density at radius 1 is 1.57 bits per heavy atom. The molecule has 0 N–H and O–H groups in total. The Morgan fingerprint density at radius 3 is 3.00 bits per heavy atom. The van der Waals surface area contributed by atoms with Crippen LogP contribution in [-0.4, -0.2) is 30.7 Å². The van der Waals surface area contributed by atoms with E-state index in [0.29, 0.717) is 0 Å². The molecule has 1 atom stereocenters. The summed E-state index contributed by atoms with van der Waals surface area (Å²) in [5.41, 5.74) is 2.91. The molecule has 1 fully saturated rings. The van der Waals surface area contributed by atoms with Crippen molar-refractivity contribution in [2.45, 2.75) is 45.1 Å². The number of nitrogens with zero attached hydrogens (tertiary/aromatic N) is 2. The Morgan fingerprint density at radius 2 is 2.43 bits per heavy atom. The average molecular weight is 192 g/mol. The second kappa shape index (κ2) is 4.26. The monoisotopic (exact) mass is 192 g/mol. The van der Waals surface area contributed by atoms with Gasteiger partial charge in [0.05, 0.1) is 0 Å². The highest BCUT2D eigenvalue weighted by molar-refractivity contribution is 5.61. The third-order valence-electron chi connectivity index (χ3n) is 3.39. The predicted molar refractivity (Wildman–Crippen MR) is 60.7 cm³/mol. The van der Waals surface area contributed by atoms with Crippen LogP contribution >= 0.6 is 0 Å². The lowest BCUT2D eigenvalue weighted by Gasteiger charge is -2.16. The average Bonchev–Trinajstić information content (AvgIpc) is 2.83. The van der Waals surface area contributed by atoms with E-state index in [1.807, 2.05) is 0 Å². The molecule has 2 nitrogen and oxygen atoms in total. The molecular weight excluding hydrogens is 172 g/mol. The van der Waals surface area contributed by atoms with Crippen LogP contribution < -0.4 is 0 Å². The van der Waals surface area contributed by atoms with Crippen molar-refractivity contribution in [2.24, 2.45) is 4.99 Å². The van der Waals surface area contributed by atoms with E-state index in [0.717, 1.165) is 12.5 Å². The van der Waals surface area contributed by atoms with E-state index in [9.17, 15) is 0 Å². The summed E-state index contributed by atoms with van der Waals surface area (Å²) in [6.45, 7) is 3.48. The largest absolute Gasteiger partial charge is 0.303 e. The molecule has 1 heterocycles. The lowest BCUT2D eigenvalue weighted by Crippen LogP contribution is -2.24. The Labute approximate surface area is 86.7 Å². The topological polar surface area (TPSA) is 15.6 Å². The summed E-state index contributed by atoms with van der Waals surface area (Å²) in [6.07, 6.45) is 8.34. The SMILES string of the molecule is CCC1=C(N=CCC2CCCN2C)C1. The first-order valence-electron chi connectivity index (χ1n) is 5.75. The van der Waals surface area contributed by atoms with Gasteiger partial charge in [0.2, 0.25) is 0 Å². The lowest BCUT2D eigenvalue weighted by atomic mass is 10.2. The van der Waals surface area contributed by atoms with Gasteiger partial charge < -0.3 is 4.90 Å². The maximum atomic E-state index is 4.51. The minimum Gasteiger partial charge on any atom is -0.303 e. The number of likely N-dealkylation sites (tertiary alicyclic amines) is 1. The fraction of sp³-hybridized carbons (Fsp3) is 0.750. The summed E-state index contributed by atoms with van der Waals surface area (Å²) >= 11 is 0. The van der Waals surface area contributed by atoms with Gasteiger partial charge in [-0.05, 0) is 44.8 Å². The van der Waals surface area contributed by atoms with Gasteiger partial charge in [-0.2, -0.15) is 0 Å². The van der Waals surface area contributed by atoms with E-state index >= 15 is 0 Å². The summed E-state index contributed by atoms with van der Waals surface area (Å²) in [6, 6.07) is 0.753. The second-order valence-corrected chi connectivity index (χ2v) is 4.40. The summed E-state index contributed by atoms with van der Waals surface area (Å²) in [5, 5.41) is 0. The molecule has 78 valence electrons. The molecule has 0 aromatic carbocycles. The molecule has 0 bridgehead atoms. The van der Waals surface area contributed by atoms with Crippen LogP contribution in [0.4, 0.5) is 0 Å². The number of hydrogen-bond acceptors (Lipinski definition) is 2. The third-order valence-corrected chi connectivity index (χ3v) is 3.39. The van der Waals surface area contributed by atoms with Gasteiger partial charge in [-0.15, -0.1) is 0 Å². The molecule has 1 aliphatic carbocycles. The molecule has 0 aromatic heterocycles. The molecule has 14 heavy (non-hydrogen) atoms. The van der Waals surface area contributed by atoms with Crippen LogP contribution in [0.1, 0.15) is 39.0 Å². The highest BCUT2D eigenvalue weighted by Gasteiger charge is 2.20. The highest BCUT2D eigenvalue weighted by atomic mass is 15.1. The van der Waals surface area contributed by atoms with Gasteiger partial charge in [-0.25, -0.2) is 0 Å². The van der Waals surface area contributed by atoms with Crippen molar-refractivity contribution < 1.29 is 0 Å². The molecule has 0 radical (unpaired) electrons.